The van der Waals surface area contributed by atoms with E-state index in [9.17, 15) is 0 Å². The highest BCUT2D eigenvalue weighted by Crippen LogP contribution is 2.54. The topological polar surface area (TPSA) is 22.0 Å². The highest BCUT2D eigenvalue weighted by atomic mass is 31.2. The van der Waals surface area contributed by atoms with E-state index in [0.29, 0.717) is 0 Å². The first-order chi connectivity index (χ1) is 20.5. The zero-order valence-corrected chi connectivity index (χ0v) is 24.4. The summed E-state index contributed by atoms with van der Waals surface area (Å²) in [5, 5.41) is 5.07. The van der Waals surface area contributed by atoms with Gasteiger partial charge in [-0.3, -0.25) is 0 Å². The minimum atomic E-state index is -3.02. The molecule has 0 amide bonds. The van der Waals surface area contributed by atoms with Crippen LogP contribution in [0.3, 0.4) is 0 Å². The number of aromatic nitrogens is 1. The minimum absolute atomic E-state index is 0.0333. The molecule has 7 aromatic rings. The molecule has 1 aliphatic carbocycles. The van der Waals surface area contributed by atoms with Crippen LogP contribution in [-0.2, 0) is 9.98 Å². The van der Waals surface area contributed by atoms with Gasteiger partial charge in [0.15, 0.2) is 7.14 Å². The van der Waals surface area contributed by atoms with Crippen molar-refractivity contribution in [3.8, 4) is 27.9 Å². The van der Waals surface area contributed by atoms with Crippen LogP contribution in [0.1, 0.15) is 25.0 Å². The molecule has 0 spiro atoms. The molecule has 0 N–H and O–H groups in total. The Morgan fingerprint density at radius 2 is 1.21 bits per heavy atom. The largest absolute Gasteiger partial charge is 0.309 e. The molecule has 1 aliphatic heterocycles. The second-order valence-corrected chi connectivity index (χ2v) is 14.8. The minimum Gasteiger partial charge on any atom is -0.309 e. The van der Waals surface area contributed by atoms with E-state index >= 15 is 4.57 Å². The smallest absolute Gasteiger partial charge is 0.172 e. The number of benzene rings is 6. The number of fused-ring (bicyclic) bond motifs is 9. The normalized spacial score (nSPS) is 17.7. The van der Waals surface area contributed by atoms with Crippen molar-refractivity contribution in [2.45, 2.75) is 19.3 Å². The average molecular weight is 558 g/mol. The summed E-state index contributed by atoms with van der Waals surface area (Å²) in [4.78, 5) is 0. The van der Waals surface area contributed by atoms with Gasteiger partial charge < -0.3 is 9.13 Å². The van der Waals surface area contributed by atoms with Crippen molar-refractivity contribution in [3.63, 3.8) is 0 Å². The molecule has 2 heterocycles. The maximum atomic E-state index is 15.2. The summed E-state index contributed by atoms with van der Waals surface area (Å²) in [6.07, 6.45) is 0. The van der Waals surface area contributed by atoms with Crippen LogP contribution < -0.4 is 15.9 Å². The summed E-state index contributed by atoms with van der Waals surface area (Å²) in [6.45, 7) is 4.65. The Labute approximate surface area is 245 Å². The molecule has 2 nitrogen and oxygen atoms in total. The van der Waals surface area contributed by atoms with E-state index in [-0.39, 0.29) is 5.41 Å². The first kappa shape index (κ1) is 24.0. The second-order valence-electron chi connectivity index (χ2n) is 12.1. The molecule has 9 rings (SSSR count). The van der Waals surface area contributed by atoms with Gasteiger partial charge in [0.2, 0.25) is 0 Å². The van der Waals surface area contributed by atoms with Crippen LogP contribution in [0.15, 0.2) is 133 Å². The molecular formula is C39H28NOP. The lowest BCUT2D eigenvalue weighted by Gasteiger charge is -2.21. The van der Waals surface area contributed by atoms with E-state index in [1.165, 1.54) is 27.6 Å². The summed E-state index contributed by atoms with van der Waals surface area (Å²) in [5.74, 6) is 0. The fourth-order valence-corrected chi connectivity index (χ4v) is 10.7. The van der Waals surface area contributed by atoms with Gasteiger partial charge in [0.05, 0.1) is 11.0 Å². The third-order valence-corrected chi connectivity index (χ3v) is 12.8. The fourth-order valence-electron chi connectivity index (χ4n) is 7.63. The Balaban J connectivity index is 1.36. The van der Waals surface area contributed by atoms with E-state index in [4.69, 9.17) is 0 Å². The SMILES string of the molecule is CC1(C)c2ccccc2-c2cc(-n3c4ccccc4c4cc5c(cc43)-c3ccccc3P5(=O)c3ccccc3)ccc21. The molecule has 0 radical (unpaired) electrons. The highest BCUT2D eigenvalue weighted by molar-refractivity contribution is 7.86. The van der Waals surface area contributed by atoms with Crippen molar-refractivity contribution in [2.24, 2.45) is 0 Å². The maximum absolute atomic E-state index is 15.2. The van der Waals surface area contributed by atoms with Crippen LogP contribution in [-0.4, -0.2) is 4.57 Å². The number of rotatable bonds is 2. The first-order valence-electron chi connectivity index (χ1n) is 14.6. The summed E-state index contributed by atoms with van der Waals surface area (Å²) in [6, 6.07) is 47.2. The molecule has 0 saturated heterocycles. The third kappa shape index (κ3) is 2.93. The Hall–Kier alpha value is -4.65. The number of hydrogen-bond donors (Lipinski definition) is 0. The Morgan fingerprint density at radius 1 is 0.524 bits per heavy atom. The number of hydrogen-bond acceptors (Lipinski definition) is 1. The zero-order valence-electron chi connectivity index (χ0n) is 23.5. The molecule has 1 atom stereocenters. The van der Waals surface area contributed by atoms with Crippen LogP contribution in [0.2, 0.25) is 0 Å². The zero-order chi connectivity index (χ0) is 28.2. The van der Waals surface area contributed by atoms with E-state index in [0.717, 1.165) is 49.1 Å². The number of nitrogens with zero attached hydrogens (tertiary/aromatic N) is 1. The third-order valence-electron chi connectivity index (χ3n) is 9.61. The van der Waals surface area contributed by atoms with E-state index in [1.807, 2.05) is 36.4 Å². The lowest BCUT2D eigenvalue weighted by atomic mass is 9.82. The van der Waals surface area contributed by atoms with Gasteiger partial charge in [0.25, 0.3) is 0 Å². The lowest BCUT2D eigenvalue weighted by molar-refractivity contribution is 0.593. The Morgan fingerprint density at radius 3 is 2.07 bits per heavy atom. The van der Waals surface area contributed by atoms with Gasteiger partial charge in [-0.1, -0.05) is 117 Å². The average Bonchev–Trinajstić information content (AvgIpc) is 3.58. The molecule has 42 heavy (non-hydrogen) atoms. The Kier molecular flexibility index (Phi) is 4.69. The second kappa shape index (κ2) is 8.22. The predicted octanol–water partition coefficient (Wildman–Crippen LogP) is 8.71. The quantitative estimate of drug-likeness (QED) is 0.195. The van der Waals surface area contributed by atoms with Gasteiger partial charge in [-0.05, 0) is 63.7 Å². The van der Waals surface area contributed by atoms with Crippen molar-refractivity contribution >= 4 is 44.9 Å². The standard InChI is InChI=1S/C39H28NOP/c1-39(2)33-17-9-6-14-27(33)30-22-25(20-21-34(30)39)40-35-18-10-7-15-28(35)31-24-38-32(23-36(31)40)29-16-8-11-19-37(29)42(38,41)26-12-4-3-5-13-26/h3-24H,1-2H3. The van der Waals surface area contributed by atoms with E-state index in [1.54, 1.807) is 0 Å². The summed E-state index contributed by atoms with van der Waals surface area (Å²) in [7, 11) is -3.02. The van der Waals surface area contributed by atoms with Crippen molar-refractivity contribution in [1.82, 2.24) is 4.57 Å². The van der Waals surface area contributed by atoms with Crippen molar-refractivity contribution < 1.29 is 4.57 Å². The lowest BCUT2D eigenvalue weighted by Crippen LogP contribution is -2.20. The van der Waals surface area contributed by atoms with Crippen LogP contribution in [0.5, 0.6) is 0 Å². The van der Waals surface area contributed by atoms with Gasteiger partial charge in [-0.2, -0.15) is 0 Å². The molecule has 0 fully saturated rings. The molecule has 2 aliphatic rings. The maximum Gasteiger partial charge on any atom is 0.172 e. The van der Waals surface area contributed by atoms with E-state index in [2.05, 4.69) is 115 Å². The van der Waals surface area contributed by atoms with Gasteiger partial charge in [-0.25, -0.2) is 0 Å². The van der Waals surface area contributed by atoms with Gasteiger partial charge in [0, 0.05) is 37.8 Å². The summed E-state index contributed by atoms with van der Waals surface area (Å²) in [5.41, 5.74) is 10.9. The highest BCUT2D eigenvalue weighted by Gasteiger charge is 2.41. The number of para-hydroxylation sites is 1. The molecule has 3 heteroatoms. The van der Waals surface area contributed by atoms with Crippen LogP contribution in [0.4, 0.5) is 0 Å². The van der Waals surface area contributed by atoms with Crippen LogP contribution >= 0.6 is 7.14 Å². The monoisotopic (exact) mass is 557 g/mol. The summed E-state index contributed by atoms with van der Waals surface area (Å²) < 4.78 is 17.6. The summed E-state index contributed by atoms with van der Waals surface area (Å²) >= 11 is 0. The molecule has 0 saturated carbocycles. The van der Waals surface area contributed by atoms with Gasteiger partial charge >= 0.3 is 0 Å². The molecule has 0 bridgehead atoms. The van der Waals surface area contributed by atoms with Crippen molar-refractivity contribution in [3.05, 3.63) is 145 Å². The molecule has 1 unspecified atom stereocenters. The fraction of sp³-hybridized carbons (Fsp3) is 0.0769. The predicted molar refractivity (Wildman–Crippen MR) is 177 cm³/mol. The van der Waals surface area contributed by atoms with Gasteiger partial charge in [-0.15, -0.1) is 0 Å². The van der Waals surface area contributed by atoms with Gasteiger partial charge in [0.1, 0.15) is 0 Å². The molecule has 200 valence electrons. The Bertz CT molecular complexity index is 2310. The first-order valence-corrected chi connectivity index (χ1v) is 16.3. The van der Waals surface area contributed by atoms with Crippen molar-refractivity contribution in [1.29, 1.82) is 0 Å². The molecule has 1 aromatic heterocycles. The van der Waals surface area contributed by atoms with Crippen molar-refractivity contribution in [2.75, 3.05) is 0 Å². The molecular weight excluding hydrogens is 529 g/mol. The molecule has 6 aromatic carbocycles. The van der Waals surface area contributed by atoms with E-state index < -0.39 is 7.14 Å². The van der Waals surface area contributed by atoms with Crippen LogP contribution in [0.25, 0.3) is 49.7 Å². The van der Waals surface area contributed by atoms with Crippen LogP contribution in [0, 0.1) is 0 Å².